The highest BCUT2D eigenvalue weighted by molar-refractivity contribution is 5.96. The molecule has 0 aromatic carbocycles. The Hall–Kier alpha value is -3.17. The maximum atomic E-state index is 14.8. The van der Waals surface area contributed by atoms with Gasteiger partial charge in [0, 0.05) is 19.3 Å². The van der Waals surface area contributed by atoms with Gasteiger partial charge in [0.25, 0.3) is 0 Å². The second-order valence-electron chi connectivity index (χ2n) is 17.8. The minimum absolute atomic E-state index is 0.00296. The van der Waals surface area contributed by atoms with Crippen molar-refractivity contribution < 1.29 is 42.6 Å². The van der Waals surface area contributed by atoms with Crippen molar-refractivity contribution in [2.24, 2.45) is 50.2 Å². The molecule has 1 aromatic rings. The number of allylic oxidation sites excluding steroid dienone is 2. The topological polar surface area (TPSA) is 150 Å². The lowest BCUT2D eigenvalue weighted by Gasteiger charge is -2.71. The second kappa shape index (κ2) is 11.2. The zero-order chi connectivity index (χ0) is 36.2. The van der Waals surface area contributed by atoms with E-state index in [0.717, 1.165) is 24.8 Å². The molecule has 270 valence electrons. The number of ether oxygens (including phenoxy) is 2. The molecule has 0 spiro atoms. The first-order valence-electron chi connectivity index (χ1n) is 18.1. The Kier molecular flexibility index (Phi) is 8.12. The molecule has 10 nitrogen and oxygen atoms in total. The van der Waals surface area contributed by atoms with E-state index < -0.39 is 56.9 Å². The number of carbonyl (C=O) groups excluding carboxylic acids is 3. The number of carboxylic acid groups (broad SMARTS) is 1. The van der Waals surface area contributed by atoms with Gasteiger partial charge in [0.05, 0.1) is 5.41 Å². The van der Waals surface area contributed by atoms with Crippen LogP contribution in [-0.2, 0) is 41.7 Å². The average Bonchev–Trinajstić information content (AvgIpc) is 3.39. The normalized spacial score (nSPS) is 44.4. The van der Waals surface area contributed by atoms with E-state index in [2.05, 4.69) is 27.7 Å². The van der Waals surface area contributed by atoms with Gasteiger partial charge >= 0.3 is 23.7 Å². The van der Waals surface area contributed by atoms with E-state index in [1.165, 1.54) is 6.92 Å². The van der Waals surface area contributed by atoms with E-state index in [0.29, 0.717) is 50.7 Å². The zero-order valence-corrected chi connectivity index (χ0v) is 30.7. The van der Waals surface area contributed by atoms with Crippen molar-refractivity contribution >= 4 is 23.7 Å². The van der Waals surface area contributed by atoms with Gasteiger partial charge in [-0.05, 0) is 118 Å². The molecular weight excluding hydrogens is 628 g/mol. The molecule has 5 aliphatic carbocycles. The summed E-state index contributed by atoms with van der Waals surface area (Å²) in [5, 5.41) is 10.2. The standard InChI is InChI=1S/C39H54O10/c1-10-26-27(48-32(45)47-26)21-46-31(44)39(9)28-11-12-37(7)29(35(28,5)16-18-38(39,8)49-22(2)40)25(41)19-23-24-20-34(4,30(42)43)14-13-33(24,3)15-17-36(23,37)6/h19,24,28-29H,10-18,20-21H2,1-9H3,(H,42,43)/t24-,28+,29+,33+,34-,35-,36+,37+,38+,39+/m0/s1. The van der Waals surface area contributed by atoms with E-state index >= 15 is 0 Å². The fraction of sp³-hybridized carbons (Fsp3) is 0.769. The smallest absolute Gasteiger partial charge is 0.481 e. The van der Waals surface area contributed by atoms with Crippen molar-refractivity contribution in [3.8, 4) is 0 Å². The van der Waals surface area contributed by atoms with Gasteiger partial charge in [0.15, 0.2) is 23.9 Å². The SMILES string of the molecule is CCc1oc(=O)oc1COC(=O)[C@@]1(C)[C@@H]2CC[C@]3(C)[C@H](C(=O)C=C4[C@@H]5C[C@@](C)(C(=O)O)CC[C@]5(C)CC[C@]43C)[C@@]2(C)CC[C@@]1(C)OC(C)=O. The van der Waals surface area contributed by atoms with Crippen molar-refractivity contribution in [2.75, 3.05) is 0 Å². The third kappa shape index (κ3) is 4.80. The molecule has 1 aromatic heterocycles. The predicted octanol–water partition coefficient (Wildman–Crippen LogP) is 7.21. The lowest BCUT2D eigenvalue weighted by Crippen LogP contribution is -2.70. The maximum Gasteiger partial charge on any atom is 0.519 e. The molecule has 6 rings (SSSR count). The van der Waals surface area contributed by atoms with Crippen LogP contribution in [0, 0.1) is 50.2 Å². The van der Waals surface area contributed by atoms with Gasteiger partial charge in [0.2, 0.25) is 0 Å². The van der Waals surface area contributed by atoms with Crippen LogP contribution < -0.4 is 5.82 Å². The summed E-state index contributed by atoms with van der Waals surface area (Å²) >= 11 is 0. The second-order valence-corrected chi connectivity index (χ2v) is 17.8. The summed E-state index contributed by atoms with van der Waals surface area (Å²) in [4.78, 5) is 66.2. The van der Waals surface area contributed by atoms with Gasteiger partial charge in [0.1, 0.15) is 11.0 Å². The molecular formula is C39H54O10. The van der Waals surface area contributed by atoms with Crippen LogP contribution in [0.15, 0.2) is 25.3 Å². The van der Waals surface area contributed by atoms with Crippen molar-refractivity contribution in [2.45, 2.75) is 139 Å². The first-order valence-corrected chi connectivity index (χ1v) is 18.1. The summed E-state index contributed by atoms with van der Waals surface area (Å²) in [6, 6.07) is 0. The highest BCUT2D eigenvalue weighted by atomic mass is 16.6. The molecule has 0 aliphatic heterocycles. The van der Waals surface area contributed by atoms with Crippen molar-refractivity contribution in [1.82, 2.24) is 0 Å². The molecule has 4 saturated carbocycles. The Balaban J connectivity index is 1.41. The molecule has 0 saturated heterocycles. The Morgan fingerprint density at radius 3 is 2.18 bits per heavy atom. The number of carboxylic acids is 1. The number of carbonyl (C=O) groups is 4. The molecule has 0 unspecified atom stereocenters. The van der Waals surface area contributed by atoms with Gasteiger partial charge in [-0.25, -0.2) is 4.79 Å². The molecule has 1 N–H and O–H groups in total. The summed E-state index contributed by atoms with van der Waals surface area (Å²) in [5.41, 5.74) is -3.72. The lowest BCUT2D eigenvalue weighted by atomic mass is 9.32. The van der Waals surface area contributed by atoms with E-state index in [-0.39, 0.29) is 40.8 Å². The Morgan fingerprint density at radius 2 is 1.55 bits per heavy atom. The molecule has 10 heteroatoms. The van der Waals surface area contributed by atoms with Crippen molar-refractivity contribution in [3.63, 3.8) is 0 Å². The minimum atomic E-state index is -1.33. The van der Waals surface area contributed by atoms with Gasteiger partial charge < -0.3 is 23.4 Å². The maximum absolute atomic E-state index is 14.8. The number of esters is 2. The lowest BCUT2D eigenvalue weighted by molar-refractivity contribution is -0.246. The predicted molar refractivity (Wildman–Crippen MR) is 178 cm³/mol. The number of aliphatic carboxylic acids is 1. The average molecular weight is 683 g/mol. The van der Waals surface area contributed by atoms with Crippen LogP contribution >= 0.6 is 0 Å². The summed E-state index contributed by atoms with van der Waals surface area (Å²) in [7, 11) is 0. The number of fused-ring (bicyclic) bond motifs is 7. The van der Waals surface area contributed by atoms with Crippen LogP contribution in [0.5, 0.6) is 0 Å². The first-order chi connectivity index (χ1) is 22.6. The van der Waals surface area contributed by atoms with E-state index in [1.54, 1.807) is 13.8 Å². The fourth-order valence-corrected chi connectivity index (χ4v) is 12.0. The fourth-order valence-electron chi connectivity index (χ4n) is 12.0. The van der Waals surface area contributed by atoms with Crippen LogP contribution in [0.3, 0.4) is 0 Å². The monoisotopic (exact) mass is 682 g/mol. The number of rotatable bonds is 6. The number of hydrogen-bond acceptors (Lipinski definition) is 9. The van der Waals surface area contributed by atoms with Crippen LogP contribution in [-0.4, -0.2) is 34.4 Å². The molecule has 5 aliphatic rings. The highest BCUT2D eigenvalue weighted by Gasteiger charge is 2.74. The first kappa shape index (κ1) is 35.6. The summed E-state index contributed by atoms with van der Waals surface area (Å²) in [5.74, 6) is -2.98. The Bertz CT molecular complexity index is 1680. The van der Waals surface area contributed by atoms with Crippen LogP contribution in [0.1, 0.15) is 132 Å². The summed E-state index contributed by atoms with van der Waals surface area (Å²) < 4.78 is 22.3. The quantitative estimate of drug-likeness (QED) is 0.305. The third-order valence-electron chi connectivity index (χ3n) is 15.5. The minimum Gasteiger partial charge on any atom is -0.481 e. The largest absolute Gasteiger partial charge is 0.519 e. The Labute approximate surface area is 288 Å². The Morgan fingerprint density at radius 1 is 0.898 bits per heavy atom. The molecule has 1 heterocycles. The van der Waals surface area contributed by atoms with Gasteiger partial charge in [-0.15, -0.1) is 0 Å². The van der Waals surface area contributed by atoms with E-state index in [9.17, 15) is 29.1 Å². The van der Waals surface area contributed by atoms with Crippen molar-refractivity contribution in [1.29, 1.82) is 0 Å². The highest BCUT2D eigenvalue weighted by Crippen LogP contribution is 2.76. The molecule has 0 amide bonds. The van der Waals surface area contributed by atoms with E-state index in [4.69, 9.17) is 18.3 Å². The number of aryl methyl sites for hydroxylation is 1. The van der Waals surface area contributed by atoms with Gasteiger partial charge in [-0.2, -0.15) is 0 Å². The molecule has 0 bridgehead atoms. The van der Waals surface area contributed by atoms with Gasteiger partial charge in [-0.3, -0.25) is 19.2 Å². The third-order valence-corrected chi connectivity index (χ3v) is 15.5. The number of hydrogen-bond donors (Lipinski definition) is 1. The number of ketones is 1. The van der Waals surface area contributed by atoms with Crippen LogP contribution in [0.25, 0.3) is 0 Å². The van der Waals surface area contributed by atoms with E-state index in [1.807, 2.05) is 19.9 Å². The molecule has 4 fully saturated rings. The zero-order valence-electron chi connectivity index (χ0n) is 30.7. The summed E-state index contributed by atoms with van der Waals surface area (Å²) in [6.45, 7) is 17.3. The van der Waals surface area contributed by atoms with Gasteiger partial charge in [-0.1, -0.05) is 40.2 Å². The summed E-state index contributed by atoms with van der Waals surface area (Å²) in [6.07, 6.45) is 8.34. The molecule has 49 heavy (non-hydrogen) atoms. The molecule has 0 radical (unpaired) electrons. The molecule has 10 atom stereocenters. The van der Waals surface area contributed by atoms with Crippen molar-refractivity contribution in [3.05, 3.63) is 33.8 Å². The van der Waals surface area contributed by atoms with Crippen LogP contribution in [0.2, 0.25) is 0 Å². The van der Waals surface area contributed by atoms with Crippen LogP contribution in [0.4, 0.5) is 0 Å².